The number of aromatic nitrogens is 4. The van der Waals surface area contributed by atoms with E-state index in [0.717, 1.165) is 36.8 Å². The zero-order chi connectivity index (χ0) is 19.4. The minimum Gasteiger partial charge on any atom is -0.396 e. The molecule has 1 aliphatic rings. The Balaban J connectivity index is 2.07. The van der Waals surface area contributed by atoms with E-state index in [1.807, 2.05) is 4.57 Å². The lowest BCUT2D eigenvalue weighted by Gasteiger charge is -2.34. The number of hydrogen-bond acceptors (Lipinski definition) is 6. The summed E-state index contributed by atoms with van der Waals surface area (Å²) in [5.41, 5.74) is 0.479. The first-order chi connectivity index (χ1) is 13.0. The summed E-state index contributed by atoms with van der Waals surface area (Å²) in [4.78, 5) is 14.0. The summed E-state index contributed by atoms with van der Waals surface area (Å²) in [5.74, 6) is 1.66. The molecular weight excluding hydrogens is 342 g/mol. The normalized spacial score (nSPS) is 23.3. The Morgan fingerprint density at radius 2 is 2.11 bits per heavy atom. The van der Waals surface area contributed by atoms with Crippen LogP contribution in [0.5, 0.6) is 0 Å². The van der Waals surface area contributed by atoms with Crippen molar-refractivity contribution in [3.63, 3.8) is 0 Å². The molecule has 2 heterocycles. The number of nitrogens with one attached hydrogen (secondary N) is 1. The summed E-state index contributed by atoms with van der Waals surface area (Å²) in [7, 11) is 0. The van der Waals surface area contributed by atoms with E-state index in [9.17, 15) is 10.2 Å². The SMILES string of the molecule is CCC(CC)Nc1nc([C@]2(O)CCC[C@@H](C)C2)nc2c1ncn2CCCO. The summed E-state index contributed by atoms with van der Waals surface area (Å²) < 4.78 is 1.95. The maximum Gasteiger partial charge on any atom is 0.165 e. The summed E-state index contributed by atoms with van der Waals surface area (Å²) in [6.07, 6.45) is 7.88. The Bertz CT molecular complexity index is 758. The molecule has 0 unspecified atom stereocenters. The second-order valence-electron chi connectivity index (χ2n) is 7.97. The van der Waals surface area contributed by atoms with Gasteiger partial charge in [0.1, 0.15) is 11.1 Å². The van der Waals surface area contributed by atoms with Gasteiger partial charge >= 0.3 is 0 Å². The van der Waals surface area contributed by atoms with Crippen LogP contribution in [0.15, 0.2) is 6.33 Å². The number of fused-ring (bicyclic) bond motifs is 1. The van der Waals surface area contributed by atoms with Gasteiger partial charge in [0.2, 0.25) is 0 Å². The monoisotopic (exact) mass is 375 g/mol. The summed E-state index contributed by atoms with van der Waals surface area (Å²) in [6.45, 7) is 7.24. The van der Waals surface area contributed by atoms with Crippen LogP contribution in [0.4, 0.5) is 5.82 Å². The van der Waals surface area contributed by atoms with E-state index in [1.165, 1.54) is 0 Å². The van der Waals surface area contributed by atoms with Crippen LogP contribution in [0.25, 0.3) is 11.2 Å². The lowest BCUT2D eigenvalue weighted by atomic mass is 9.78. The number of hydrogen-bond donors (Lipinski definition) is 3. The molecule has 0 aliphatic heterocycles. The number of aliphatic hydroxyl groups is 2. The molecule has 1 aliphatic carbocycles. The molecule has 0 bridgehead atoms. The van der Waals surface area contributed by atoms with E-state index in [1.54, 1.807) is 6.33 Å². The van der Waals surface area contributed by atoms with Crippen molar-refractivity contribution in [1.29, 1.82) is 0 Å². The van der Waals surface area contributed by atoms with Gasteiger partial charge in [-0.2, -0.15) is 0 Å². The van der Waals surface area contributed by atoms with Crippen molar-refractivity contribution in [3.05, 3.63) is 12.2 Å². The number of anilines is 1. The van der Waals surface area contributed by atoms with Crippen molar-refractivity contribution < 1.29 is 10.2 Å². The summed E-state index contributed by atoms with van der Waals surface area (Å²) in [6, 6.07) is 0.304. The highest BCUT2D eigenvalue weighted by atomic mass is 16.3. The Kier molecular flexibility index (Phi) is 6.32. The molecule has 0 radical (unpaired) electrons. The summed E-state index contributed by atoms with van der Waals surface area (Å²) in [5, 5.41) is 24.0. The second kappa shape index (κ2) is 8.52. The third-order valence-electron chi connectivity index (χ3n) is 5.74. The number of aryl methyl sites for hydroxylation is 1. The van der Waals surface area contributed by atoms with Gasteiger partial charge in [0.05, 0.1) is 6.33 Å². The van der Waals surface area contributed by atoms with Gasteiger partial charge in [0.15, 0.2) is 17.3 Å². The van der Waals surface area contributed by atoms with Crippen LogP contribution in [0.1, 0.15) is 71.5 Å². The third-order valence-corrected chi connectivity index (χ3v) is 5.74. The van der Waals surface area contributed by atoms with E-state index in [2.05, 4.69) is 31.1 Å². The van der Waals surface area contributed by atoms with Crippen LogP contribution in [0, 0.1) is 5.92 Å². The first kappa shape index (κ1) is 20.0. The van der Waals surface area contributed by atoms with Gasteiger partial charge in [-0.3, -0.25) is 0 Å². The molecule has 150 valence electrons. The molecule has 3 N–H and O–H groups in total. The number of rotatable bonds is 8. The molecule has 0 spiro atoms. The maximum atomic E-state index is 11.3. The zero-order valence-electron chi connectivity index (χ0n) is 16.8. The first-order valence-corrected chi connectivity index (χ1v) is 10.3. The summed E-state index contributed by atoms with van der Waals surface area (Å²) >= 11 is 0. The minimum atomic E-state index is -0.984. The minimum absolute atomic E-state index is 0.123. The van der Waals surface area contributed by atoms with E-state index >= 15 is 0 Å². The quantitative estimate of drug-likeness (QED) is 0.656. The van der Waals surface area contributed by atoms with Crippen molar-refractivity contribution in [3.8, 4) is 0 Å². The third kappa shape index (κ3) is 4.24. The average Bonchev–Trinajstić information content (AvgIpc) is 3.07. The van der Waals surface area contributed by atoms with Gasteiger partial charge in [-0.1, -0.05) is 27.2 Å². The number of aliphatic hydroxyl groups excluding tert-OH is 1. The Morgan fingerprint density at radius 1 is 1.33 bits per heavy atom. The molecular formula is C20H33N5O2. The van der Waals surface area contributed by atoms with Gasteiger partial charge in [-0.25, -0.2) is 15.0 Å². The van der Waals surface area contributed by atoms with Gasteiger partial charge in [-0.05, 0) is 44.4 Å². The predicted octanol–water partition coefficient (Wildman–Crippen LogP) is 3.21. The Morgan fingerprint density at radius 3 is 2.78 bits per heavy atom. The highest BCUT2D eigenvalue weighted by Crippen LogP contribution is 2.39. The van der Waals surface area contributed by atoms with Crippen LogP contribution < -0.4 is 5.32 Å². The van der Waals surface area contributed by atoms with Crippen molar-refractivity contribution >= 4 is 17.0 Å². The van der Waals surface area contributed by atoms with Crippen LogP contribution in [-0.2, 0) is 12.1 Å². The second-order valence-corrected chi connectivity index (χ2v) is 7.97. The van der Waals surface area contributed by atoms with Crippen molar-refractivity contribution in [2.24, 2.45) is 5.92 Å². The average molecular weight is 376 g/mol. The van der Waals surface area contributed by atoms with Gasteiger partial charge < -0.3 is 20.1 Å². The number of imidazole rings is 1. The molecule has 2 atom stereocenters. The fourth-order valence-electron chi connectivity index (χ4n) is 4.07. The van der Waals surface area contributed by atoms with Crippen molar-refractivity contribution in [1.82, 2.24) is 19.5 Å². The van der Waals surface area contributed by atoms with Crippen LogP contribution >= 0.6 is 0 Å². The van der Waals surface area contributed by atoms with E-state index < -0.39 is 5.60 Å². The molecule has 2 aromatic rings. The first-order valence-electron chi connectivity index (χ1n) is 10.3. The fraction of sp³-hybridized carbons (Fsp3) is 0.750. The lowest BCUT2D eigenvalue weighted by Crippen LogP contribution is -2.34. The largest absolute Gasteiger partial charge is 0.396 e. The molecule has 0 aromatic carbocycles. The molecule has 7 nitrogen and oxygen atoms in total. The van der Waals surface area contributed by atoms with E-state index in [-0.39, 0.29) is 6.61 Å². The fourth-order valence-corrected chi connectivity index (χ4v) is 4.07. The highest BCUT2D eigenvalue weighted by Gasteiger charge is 2.38. The van der Waals surface area contributed by atoms with Crippen molar-refractivity contribution in [2.75, 3.05) is 11.9 Å². The Hall–Kier alpha value is -1.73. The van der Waals surface area contributed by atoms with Gasteiger partial charge in [0, 0.05) is 19.2 Å². The molecule has 2 aromatic heterocycles. The zero-order valence-corrected chi connectivity index (χ0v) is 16.8. The molecule has 1 saturated carbocycles. The molecule has 0 saturated heterocycles. The molecule has 0 amide bonds. The van der Waals surface area contributed by atoms with Gasteiger partial charge in [-0.15, -0.1) is 0 Å². The van der Waals surface area contributed by atoms with Crippen molar-refractivity contribution in [2.45, 2.75) is 83.9 Å². The standard InChI is InChI=1S/C20H33N5O2/c1-4-15(5-2)22-17-16-18(25(13-21-16)10-7-11-26)24-19(23-17)20(27)9-6-8-14(3)12-20/h13-15,26-27H,4-12H2,1-3H3,(H,22,23,24)/t14-,20+/m1/s1. The predicted molar refractivity (Wildman–Crippen MR) is 107 cm³/mol. The molecule has 7 heteroatoms. The maximum absolute atomic E-state index is 11.3. The molecule has 3 rings (SSSR count). The van der Waals surface area contributed by atoms with E-state index in [0.29, 0.717) is 49.4 Å². The number of nitrogens with zero attached hydrogens (tertiary/aromatic N) is 4. The smallest absolute Gasteiger partial charge is 0.165 e. The molecule has 1 fully saturated rings. The Labute approximate surface area is 161 Å². The van der Waals surface area contributed by atoms with Crippen LogP contribution in [0.2, 0.25) is 0 Å². The van der Waals surface area contributed by atoms with Crippen LogP contribution in [0.3, 0.4) is 0 Å². The highest BCUT2D eigenvalue weighted by molar-refractivity contribution is 5.83. The molecule has 27 heavy (non-hydrogen) atoms. The van der Waals surface area contributed by atoms with E-state index in [4.69, 9.17) is 9.97 Å². The lowest BCUT2D eigenvalue weighted by molar-refractivity contribution is -0.0253. The van der Waals surface area contributed by atoms with Gasteiger partial charge in [0.25, 0.3) is 0 Å². The van der Waals surface area contributed by atoms with Crippen LogP contribution in [-0.4, -0.2) is 42.4 Å². The topological polar surface area (TPSA) is 96.1 Å².